The minimum Gasteiger partial charge on any atom is -0.356 e. The second-order valence-corrected chi connectivity index (χ2v) is 10.0. The zero-order valence-electron chi connectivity index (χ0n) is 18.2. The Bertz CT molecular complexity index is 621. The van der Waals surface area contributed by atoms with E-state index >= 15 is 0 Å². The molecule has 2 atom stereocenters. The van der Waals surface area contributed by atoms with Gasteiger partial charge in [0.2, 0.25) is 0 Å². The van der Waals surface area contributed by atoms with Crippen LogP contribution in [0.3, 0.4) is 0 Å². The highest BCUT2D eigenvalue weighted by Gasteiger charge is 2.29. The smallest absolute Gasteiger partial charge is 0.191 e. The van der Waals surface area contributed by atoms with Gasteiger partial charge in [-0.3, -0.25) is 9.89 Å². The molecule has 0 spiro atoms. The molecule has 0 amide bonds. The zero-order chi connectivity index (χ0) is 19.8. The molecule has 3 rings (SSSR count). The van der Waals surface area contributed by atoms with Crippen LogP contribution in [0.5, 0.6) is 0 Å². The lowest BCUT2D eigenvalue weighted by molar-refractivity contribution is 0.0891. The first-order valence-electron chi connectivity index (χ1n) is 10.7. The molecule has 29 heavy (non-hydrogen) atoms. The number of benzene rings is 1. The van der Waals surface area contributed by atoms with Gasteiger partial charge in [0.05, 0.1) is 0 Å². The van der Waals surface area contributed by atoms with Crippen molar-refractivity contribution in [3.8, 4) is 0 Å². The Balaban J connectivity index is 0.00000300. The van der Waals surface area contributed by atoms with Crippen LogP contribution in [0.4, 0.5) is 0 Å². The van der Waals surface area contributed by atoms with E-state index in [1.807, 2.05) is 7.05 Å². The normalized spacial score (nSPS) is 26.2. The molecule has 0 saturated carbocycles. The number of nitrogens with zero attached hydrogens (tertiary/aromatic N) is 3. The number of rotatable bonds is 7. The lowest BCUT2D eigenvalue weighted by atomic mass is 10.0. The van der Waals surface area contributed by atoms with Crippen molar-refractivity contribution in [3.05, 3.63) is 35.9 Å². The van der Waals surface area contributed by atoms with Crippen LogP contribution < -0.4 is 10.6 Å². The van der Waals surface area contributed by atoms with Gasteiger partial charge in [0.15, 0.2) is 5.96 Å². The molecule has 0 bridgehead atoms. The maximum absolute atomic E-state index is 4.40. The number of aliphatic imine (C=N–C) groups is 1. The number of nitrogens with one attached hydrogen (secondary N) is 2. The maximum atomic E-state index is 4.40. The van der Waals surface area contributed by atoms with Gasteiger partial charge in [-0.15, -0.1) is 24.0 Å². The number of piperazine rings is 1. The summed E-state index contributed by atoms with van der Waals surface area (Å²) in [6.07, 6.45) is 3.76. The van der Waals surface area contributed by atoms with Crippen molar-refractivity contribution in [1.29, 1.82) is 0 Å². The molecule has 0 aliphatic carbocycles. The van der Waals surface area contributed by atoms with E-state index in [0.717, 1.165) is 51.6 Å². The summed E-state index contributed by atoms with van der Waals surface area (Å²) in [6.45, 7) is 8.82. The van der Waals surface area contributed by atoms with E-state index in [-0.39, 0.29) is 24.0 Å². The van der Waals surface area contributed by atoms with Gasteiger partial charge in [-0.1, -0.05) is 30.3 Å². The fraction of sp³-hybridized carbons (Fsp3) is 0.682. The average molecular weight is 532 g/mol. The van der Waals surface area contributed by atoms with Gasteiger partial charge in [0.1, 0.15) is 0 Å². The van der Waals surface area contributed by atoms with Crippen molar-refractivity contribution in [2.45, 2.75) is 37.0 Å². The van der Waals surface area contributed by atoms with Crippen molar-refractivity contribution < 1.29 is 0 Å². The van der Waals surface area contributed by atoms with Crippen LogP contribution >= 0.6 is 35.7 Å². The number of guanidine groups is 1. The van der Waals surface area contributed by atoms with Crippen molar-refractivity contribution in [2.75, 3.05) is 59.1 Å². The molecule has 2 N–H and O–H groups in total. The van der Waals surface area contributed by atoms with E-state index in [1.165, 1.54) is 24.2 Å². The zero-order valence-corrected chi connectivity index (χ0v) is 21.3. The maximum Gasteiger partial charge on any atom is 0.191 e. The summed E-state index contributed by atoms with van der Waals surface area (Å²) in [5.41, 5.74) is 1.43. The minimum absolute atomic E-state index is 0. The third-order valence-electron chi connectivity index (χ3n) is 5.95. The van der Waals surface area contributed by atoms with E-state index in [1.54, 1.807) is 0 Å². The SMILES string of the molecule is CN=C(NCCCN1CCN(C)CC1c1ccccc1)NCC1(C)CCCS1.I. The fourth-order valence-corrected chi connectivity index (χ4v) is 5.42. The van der Waals surface area contributed by atoms with E-state index in [4.69, 9.17) is 0 Å². The van der Waals surface area contributed by atoms with Crippen LogP contribution in [0.1, 0.15) is 37.8 Å². The first-order valence-corrected chi connectivity index (χ1v) is 11.6. The quantitative estimate of drug-likeness (QED) is 0.244. The van der Waals surface area contributed by atoms with Gasteiger partial charge >= 0.3 is 0 Å². The van der Waals surface area contributed by atoms with Gasteiger partial charge in [-0.25, -0.2) is 0 Å². The molecule has 2 fully saturated rings. The standard InChI is InChI=1S/C22H37N5S.HI/c1-22(11-7-16-28-22)18-25-21(23-2)24-12-8-13-27-15-14-26(3)17-20(27)19-9-5-4-6-10-19;/h4-6,9-10,20H,7-8,11-18H2,1-3H3,(H2,23,24,25);1H. The molecule has 2 saturated heterocycles. The van der Waals surface area contributed by atoms with Crippen LogP contribution in [-0.2, 0) is 0 Å². The Kier molecular flexibility index (Phi) is 10.6. The highest BCUT2D eigenvalue weighted by molar-refractivity contribution is 14.0. The van der Waals surface area contributed by atoms with E-state index < -0.39 is 0 Å². The second-order valence-electron chi connectivity index (χ2n) is 8.33. The Hall–Kier alpha value is -0.510. The van der Waals surface area contributed by atoms with Crippen LogP contribution in [0.25, 0.3) is 0 Å². The molecule has 0 radical (unpaired) electrons. The monoisotopic (exact) mass is 531 g/mol. The van der Waals surface area contributed by atoms with Crippen LogP contribution in [0.15, 0.2) is 35.3 Å². The average Bonchev–Trinajstić information content (AvgIpc) is 3.15. The molecule has 0 aromatic heterocycles. The van der Waals surface area contributed by atoms with Gasteiger partial charge in [-0.2, -0.15) is 11.8 Å². The Morgan fingerprint density at radius 1 is 1.24 bits per heavy atom. The molecule has 164 valence electrons. The topological polar surface area (TPSA) is 42.9 Å². The molecule has 5 nitrogen and oxygen atoms in total. The number of halogens is 1. The third kappa shape index (κ3) is 7.60. The van der Waals surface area contributed by atoms with Crippen molar-refractivity contribution in [2.24, 2.45) is 4.99 Å². The number of likely N-dealkylation sites (N-methyl/N-ethyl adjacent to an activating group) is 1. The number of hydrogen-bond acceptors (Lipinski definition) is 4. The van der Waals surface area contributed by atoms with Gasteiger partial charge < -0.3 is 15.5 Å². The van der Waals surface area contributed by atoms with E-state index in [0.29, 0.717) is 10.8 Å². The summed E-state index contributed by atoms with van der Waals surface area (Å²) in [6, 6.07) is 11.4. The van der Waals surface area contributed by atoms with Crippen molar-refractivity contribution in [3.63, 3.8) is 0 Å². The fourth-order valence-electron chi connectivity index (χ4n) is 4.17. The van der Waals surface area contributed by atoms with Crippen molar-refractivity contribution >= 4 is 41.7 Å². The molecular formula is C22H38IN5S. The molecule has 1 aromatic rings. The van der Waals surface area contributed by atoms with Gasteiger partial charge in [-0.05, 0) is 44.6 Å². The second kappa shape index (κ2) is 12.4. The van der Waals surface area contributed by atoms with Crippen LogP contribution in [0, 0.1) is 0 Å². The van der Waals surface area contributed by atoms with Crippen LogP contribution in [0.2, 0.25) is 0 Å². The lowest BCUT2D eigenvalue weighted by Gasteiger charge is -2.40. The Morgan fingerprint density at radius 2 is 2.03 bits per heavy atom. The third-order valence-corrected chi connectivity index (χ3v) is 7.49. The highest BCUT2D eigenvalue weighted by Crippen LogP contribution is 2.36. The predicted octanol–water partition coefficient (Wildman–Crippen LogP) is 3.43. The summed E-state index contributed by atoms with van der Waals surface area (Å²) >= 11 is 2.09. The number of hydrogen-bond donors (Lipinski definition) is 2. The summed E-state index contributed by atoms with van der Waals surface area (Å²) in [5, 5.41) is 7.03. The first-order chi connectivity index (χ1) is 13.6. The largest absolute Gasteiger partial charge is 0.356 e. The molecule has 2 aliphatic heterocycles. The summed E-state index contributed by atoms with van der Waals surface area (Å²) in [7, 11) is 4.10. The summed E-state index contributed by atoms with van der Waals surface area (Å²) < 4.78 is 0.361. The molecule has 2 aliphatic rings. The summed E-state index contributed by atoms with van der Waals surface area (Å²) in [4.78, 5) is 9.49. The first kappa shape index (κ1) is 24.8. The van der Waals surface area contributed by atoms with Gasteiger partial charge in [0.25, 0.3) is 0 Å². The van der Waals surface area contributed by atoms with Gasteiger partial charge in [0, 0.05) is 57.1 Å². The van der Waals surface area contributed by atoms with Crippen molar-refractivity contribution in [1.82, 2.24) is 20.4 Å². The molecule has 2 heterocycles. The highest BCUT2D eigenvalue weighted by atomic mass is 127. The Morgan fingerprint density at radius 3 is 2.72 bits per heavy atom. The molecule has 1 aromatic carbocycles. The predicted molar refractivity (Wildman–Crippen MR) is 138 cm³/mol. The molecule has 2 unspecified atom stereocenters. The van der Waals surface area contributed by atoms with E-state index in [2.05, 4.69) is 81.5 Å². The lowest BCUT2D eigenvalue weighted by Crippen LogP contribution is -2.48. The number of thioether (sulfide) groups is 1. The van der Waals surface area contributed by atoms with E-state index in [9.17, 15) is 0 Å². The minimum atomic E-state index is 0. The van der Waals surface area contributed by atoms with Crippen LogP contribution in [-0.4, -0.2) is 79.6 Å². The summed E-state index contributed by atoms with van der Waals surface area (Å²) in [5.74, 6) is 2.23. The molecule has 7 heteroatoms. The molecular weight excluding hydrogens is 493 g/mol. The Labute approximate surface area is 198 Å².